The second kappa shape index (κ2) is 10.9. The average Bonchev–Trinajstić information content (AvgIpc) is 3.60. The number of ether oxygens (including phenoxy) is 2. The summed E-state index contributed by atoms with van der Waals surface area (Å²) in [5.41, 5.74) is 0.637. The van der Waals surface area contributed by atoms with Gasteiger partial charge in [0.05, 0.1) is 12.2 Å². The van der Waals surface area contributed by atoms with Crippen LogP contribution in [0.2, 0.25) is 0 Å². The molecule has 2 amide bonds. The molecular weight excluding hydrogens is 427 g/mol. The Morgan fingerprint density at radius 3 is 2.33 bits per heavy atom. The maximum absolute atomic E-state index is 13.4. The molecule has 2 aromatic carbocycles. The van der Waals surface area contributed by atoms with Crippen molar-refractivity contribution in [2.24, 2.45) is 5.92 Å². The van der Waals surface area contributed by atoms with Crippen molar-refractivity contribution >= 4 is 17.8 Å². The van der Waals surface area contributed by atoms with Gasteiger partial charge in [-0.25, -0.2) is 9.18 Å². The van der Waals surface area contributed by atoms with Crippen molar-refractivity contribution in [3.8, 4) is 5.75 Å². The van der Waals surface area contributed by atoms with Crippen molar-refractivity contribution in [2.45, 2.75) is 51.8 Å². The largest absolute Gasteiger partial charge is 0.493 e. The molecule has 2 atom stereocenters. The van der Waals surface area contributed by atoms with E-state index in [0.29, 0.717) is 23.5 Å². The lowest BCUT2D eigenvalue weighted by Gasteiger charge is -2.25. The second-order valence-electron chi connectivity index (χ2n) is 8.28. The van der Waals surface area contributed by atoms with Crippen molar-refractivity contribution in [2.75, 3.05) is 6.61 Å². The number of esters is 1. The lowest BCUT2D eigenvalue weighted by Crippen LogP contribution is -2.46. The fraction of sp³-hybridized carbons (Fsp3) is 0.400. The van der Waals surface area contributed by atoms with Gasteiger partial charge in [0.2, 0.25) is 6.10 Å². The van der Waals surface area contributed by atoms with Crippen LogP contribution >= 0.6 is 0 Å². The summed E-state index contributed by atoms with van der Waals surface area (Å²) in [7, 11) is 0. The third kappa shape index (κ3) is 6.54. The van der Waals surface area contributed by atoms with E-state index in [4.69, 9.17) is 9.47 Å². The fourth-order valence-corrected chi connectivity index (χ4v) is 3.26. The van der Waals surface area contributed by atoms with Crippen LogP contribution in [0.25, 0.3) is 0 Å². The molecule has 0 saturated heterocycles. The highest BCUT2D eigenvalue weighted by Crippen LogP contribution is 2.25. The SMILES string of the molecule is CCOc1ccccc1C(=O)N[C@@H](C(=O)O[C@H](C(=O)NC1CC1)c1ccc(F)cc1)C(C)C. The molecule has 0 aromatic heterocycles. The summed E-state index contributed by atoms with van der Waals surface area (Å²) in [6.07, 6.45) is 0.465. The van der Waals surface area contributed by atoms with Crippen molar-refractivity contribution in [3.05, 3.63) is 65.5 Å². The summed E-state index contributed by atoms with van der Waals surface area (Å²) < 4.78 is 24.5. The maximum atomic E-state index is 13.4. The van der Waals surface area contributed by atoms with Crippen LogP contribution in [0.5, 0.6) is 5.75 Å². The van der Waals surface area contributed by atoms with E-state index in [-0.39, 0.29) is 12.0 Å². The molecule has 0 bridgehead atoms. The first kappa shape index (κ1) is 24.2. The third-order valence-electron chi connectivity index (χ3n) is 5.21. The molecule has 1 fully saturated rings. The van der Waals surface area contributed by atoms with Crippen molar-refractivity contribution in [3.63, 3.8) is 0 Å². The molecule has 176 valence electrons. The Morgan fingerprint density at radius 1 is 1.06 bits per heavy atom. The predicted molar refractivity (Wildman–Crippen MR) is 120 cm³/mol. The molecule has 0 radical (unpaired) electrons. The molecule has 0 aliphatic heterocycles. The molecular formula is C25H29FN2O5. The highest BCUT2D eigenvalue weighted by atomic mass is 19.1. The number of rotatable bonds is 10. The van der Waals surface area contributed by atoms with Gasteiger partial charge < -0.3 is 20.1 Å². The lowest BCUT2D eigenvalue weighted by atomic mass is 10.0. The Balaban J connectivity index is 1.78. The zero-order valence-corrected chi connectivity index (χ0v) is 19.0. The minimum atomic E-state index is -1.26. The van der Waals surface area contributed by atoms with Gasteiger partial charge in [0, 0.05) is 11.6 Å². The number of carbonyl (C=O) groups excluding carboxylic acids is 3. The minimum absolute atomic E-state index is 0.0508. The topological polar surface area (TPSA) is 93.7 Å². The molecule has 33 heavy (non-hydrogen) atoms. The predicted octanol–water partition coefficient (Wildman–Crippen LogP) is 3.54. The molecule has 1 aliphatic rings. The van der Waals surface area contributed by atoms with E-state index in [0.717, 1.165) is 12.8 Å². The quantitative estimate of drug-likeness (QED) is 0.534. The summed E-state index contributed by atoms with van der Waals surface area (Å²) in [4.78, 5) is 38.8. The average molecular weight is 457 g/mol. The first-order valence-electron chi connectivity index (χ1n) is 11.1. The number of hydrogen-bond donors (Lipinski definition) is 2. The number of para-hydroxylation sites is 1. The van der Waals surface area contributed by atoms with Crippen molar-refractivity contribution < 1.29 is 28.2 Å². The van der Waals surface area contributed by atoms with E-state index in [1.165, 1.54) is 24.3 Å². The van der Waals surface area contributed by atoms with Gasteiger partial charge in [-0.1, -0.05) is 38.1 Å². The Bertz CT molecular complexity index is 989. The van der Waals surface area contributed by atoms with Crippen LogP contribution in [0.1, 0.15) is 55.6 Å². The zero-order valence-electron chi connectivity index (χ0n) is 19.0. The minimum Gasteiger partial charge on any atom is -0.493 e. The summed E-state index contributed by atoms with van der Waals surface area (Å²) in [5, 5.41) is 5.52. The van der Waals surface area contributed by atoms with Gasteiger partial charge >= 0.3 is 5.97 Å². The van der Waals surface area contributed by atoms with Gasteiger partial charge in [0.1, 0.15) is 17.6 Å². The van der Waals surface area contributed by atoms with Crippen LogP contribution in [0.4, 0.5) is 4.39 Å². The summed E-state index contributed by atoms with van der Waals surface area (Å²) in [5.74, 6) is -2.11. The Morgan fingerprint density at radius 2 is 1.73 bits per heavy atom. The standard InChI is InChI=1S/C25H29FN2O5/c1-4-32-20-8-6-5-7-19(20)23(29)28-21(15(2)3)25(31)33-22(24(30)27-18-13-14-18)16-9-11-17(26)12-10-16/h5-12,15,18,21-22H,4,13-14H2,1-3H3,(H,27,30)(H,28,29)/t21-,22+/m1/s1. The van der Waals surface area contributed by atoms with Crippen LogP contribution in [-0.4, -0.2) is 36.5 Å². The van der Waals surface area contributed by atoms with Gasteiger partial charge in [-0.15, -0.1) is 0 Å². The normalized spacial score (nSPS) is 14.8. The first-order chi connectivity index (χ1) is 15.8. The number of hydrogen-bond acceptors (Lipinski definition) is 5. The van der Waals surface area contributed by atoms with Crippen LogP contribution in [-0.2, 0) is 14.3 Å². The van der Waals surface area contributed by atoms with Gasteiger partial charge in [-0.3, -0.25) is 9.59 Å². The smallest absolute Gasteiger partial charge is 0.330 e. The first-order valence-corrected chi connectivity index (χ1v) is 11.1. The van der Waals surface area contributed by atoms with Crippen molar-refractivity contribution in [1.29, 1.82) is 0 Å². The third-order valence-corrected chi connectivity index (χ3v) is 5.21. The van der Waals surface area contributed by atoms with E-state index in [9.17, 15) is 18.8 Å². The van der Waals surface area contributed by atoms with E-state index < -0.39 is 35.7 Å². The Labute approximate surface area is 192 Å². The fourth-order valence-electron chi connectivity index (χ4n) is 3.26. The summed E-state index contributed by atoms with van der Waals surface area (Å²) >= 11 is 0. The number of amides is 2. The monoisotopic (exact) mass is 456 g/mol. The molecule has 3 rings (SSSR count). The summed E-state index contributed by atoms with van der Waals surface area (Å²) in [6.45, 7) is 5.72. The molecule has 8 heteroatoms. The van der Waals surface area contributed by atoms with Gasteiger partial charge in [0.15, 0.2) is 0 Å². The molecule has 7 nitrogen and oxygen atoms in total. The highest BCUT2D eigenvalue weighted by Gasteiger charge is 2.34. The van der Waals surface area contributed by atoms with Crippen LogP contribution in [0.15, 0.2) is 48.5 Å². The van der Waals surface area contributed by atoms with Crippen LogP contribution < -0.4 is 15.4 Å². The van der Waals surface area contributed by atoms with Crippen molar-refractivity contribution in [1.82, 2.24) is 10.6 Å². The van der Waals surface area contributed by atoms with E-state index in [1.807, 2.05) is 6.92 Å². The molecule has 0 unspecified atom stereocenters. The lowest BCUT2D eigenvalue weighted by molar-refractivity contribution is -0.159. The molecule has 2 aromatic rings. The number of benzene rings is 2. The molecule has 1 aliphatic carbocycles. The summed E-state index contributed by atoms with van der Waals surface area (Å²) in [6, 6.07) is 11.0. The molecule has 1 saturated carbocycles. The van der Waals surface area contributed by atoms with Gasteiger partial charge in [-0.05, 0) is 49.9 Å². The maximum Gasteiger partial charge on any atom is 0.330 e. The van der Waals surface area contributed by atoms with Gasteiger partial charge in [-0.2, -0.15) is 0 Å². The Kier molecular flexibility index (Phi) is 8.03. The number of nitrogens with one attached hydrogen (secondary N) is 2. The zero-order chi connectivity index (χ0) is 24.0. The number of carbonyl (C=O) groups is 3. The Hall–Kier alpha value is -3.42. The second-order valence-corrected chi connectivity index (χ2v) is 8.28. The highest BCUT2D eigenvalue weighted by molar-refractivity contribution is 5.99. The molecule has 0 spiro atoms. The van der Waals surface area contributed by atoms with E-state index >= 15 is 0 Å². The van der Waals surface area contributed by atoms with Crippen LogP contribution in [0.3, 0.4) is 0 Å². The van der Waals surface area contributed by atoms with E-state index in [1.54, 1.807) is 38.1 Å². The number of halogens is 1. The molecule has 2 N–H and O–H groups in total. The van der Waals surface area contributed by atoms with Crippen LogP contribution in [0, 0.1) is 11.7 Å². The van der Waals surface area contributed by atoms with Gasteiger partial charge in [0.25, 0.3) is 11.8 Å². The van der Waals surface area contributed by atoms with E-state index in [2.05, 4.69) is 10.6 Å². The molecule has 0 heterocycles.